The van der Waals surface area contributed by atoms with E-state index in [2.05, 4.69) is 4.99 Å². The summed E-state index contributed by atoms with van der Waals surface area (Å²) >= 11 is 0. The van der Waals surface area contributed by atoms with Crippen LogP contribution in [0.4, 0.5) is 0 Å². The highest BCUT2D eigenvalue weighted by molar-refractivity contribution is 5.81. The van der Waals surface area contributed by atoms with Crippen LogP contribution in [0.25, 0.3) is 0 Å². The fourth-order valence-corrected chi connectivity index (χ4v) is 1.29. The van der Waals surface area contributed by atoms with Crippen LogP contribution in [0.3, 0.4) is 0 Å². The second kappa shape index (κ2) is 10.0. The molecule has 0 radical (unpaired) electrons. The standard InChI is InChI=1S/C11H23N3O3/c1-2-14-10(13)8-17-7-5-3-4-6-9(12)11(15)16/h9H,2-8,12H2,1H3,(H2,13,14)(H,15,16). The van der Waals surface area contributed by atoms with E-state index >= 15 is 0 Å². The Labute approximate surface area is 102 Å². The average Bonchev–Trinajstić information content (AvgIpc) is 2.27. The van der Waals surface area contributed by atoms with Gasteiger partial charge in [-0.3, -0.25) is 9.79 Å². The first-order valence-electron chi connectivity index (χ1n) is 5.92. The van der Waals surface area contributed by atoms with Crippen molar-refractivity contribution in [2.45, 2.75) is 38.6 Å². The van der Waals surface area contributed by atoms with Crippen LogP contribution < -0.4 is 11.5 Å². The Bertz CT molecular complexity index is 244. The van der Waals surface area contributed by atoms with E-state index < -0.39 is 12.0 Å². The first-order valence-corrected chi connectivity index (χ1v) is 5.92. The van der Waals surface area contributed by atoms with Gasteiger partial charge in [0.05, 0.1) is 0 Å². The Morgan fingerprint density at radius 1 is 1.41 bits per heavy atom. The van der Waals surface area contributed by atoms with Crippen molar-refractivity contribution in [1.29, 1.82) is 0 Å². The number of carboxylic acids is 1. The fourth-order valence-electron chi connectivity index (χ4n) is 1.29. The number of carbonyl (C=O) groups is 1. The molecule has 0 aromatic heterocycles. The maximum absolute atomic E-state index is 10.4. The van der Waals surface area contributed by atoms with Crippen molar-refractivity contribution in [1.82, 2.24) is 0 Å². The van der Waals surface area contributed by atoms with Gasteiger partial charge in [0.2, 0.25) is 0 Å². The topological polar surface area (TPSA) is 111 Å². The molecule has 0 heterocycles. The van der Waals surface area contributed by atoms with Crippen molar-refractivity contribution in [3.63, 3.8) is 0 Å². The molecule has 0 rings (SSSR count). The SMILES string of the molecule is CCN=C(N)COCCCCCC(N)C(=O)O. The molecule has 5 N–H and O–H groups in total. The first kappa shape index (κ1) is 15.9. The normalized spacial score (nSPS) is 13.6. The number of aliphatic imine (C=N–C) groups is 1. The molecule has 0 aliphatic heterocycles. The molecule has 0 bridgehead atoms. The first-order chi connectivity index (χ1) is 8.07. The zero-order valence-corrected chi connectivity index (χ0v) is 10.4. The number of hydrogen-bond acceptors (Lipinski definition) is 4. The second-order valence-electron chi connectivity index (χ2n) is 3.81. The van der Waals surface area contributed by atoms with Gasteiger partial charge in [-0.2, -0.15) is 0 Å². The Morgan fingerprint density at radius 3 is 2.71 bits per heavy atom. The van der Waals surface area contributed by atoms with Crippen LogP contribution in [-0.4, -0.2) is 42.7 Å². The molecule has 0 aliphatic carbocycles. The maximum atomic E-state index is 10.4. The third-order valence-corrected chi connectivity index (χ3v) is 2.23. The molecule has 6 nitrogen and oxygen atoms in total. The lowest BCUT2D eigenvalue weighted by molar-refractivity contribution is -0.138. The summed E-state index contributed by atoms with van der Waals surface area (Å²) in [6.07, 6.45) is 3.10. The number of aliphatic carboxylic acids is 1. The number of nitrogens with zero attached hydrogens (tertiary/aromatic N) is 1. The summed E-state index contributed by atoms with van der Waals surface area (Å²) in [7, 11) is 0. The van der Waals surface area contributed by atoms with E-state index in [9.17, 15) is 4.79 Å². The van der Waals surface area contributed by atoms with Crippen LogP contribution in [0.5, 0.6) is 0 Å². The fraction of sp³-hybridized carbons (Fsp3) is 0.818. The summed E-state index contributed by atoms with van der Waals surface area (Å²) in [4.78, 5) is 14.4. The Balaban J connectivity index is 3.30. The summed E-state index contributed by atoms with van der Waals surface area (Å²) in [5.74, 6) is -0.426. The van der Waals surface area contributed by atoms with E-state index in [1.165, 1.54) is 0 Å². The summed E-state index contributed by atoms with van der Waals surface area (Å²) in [5.41, 5.74) is 10.9. The highest BCUT2D eigenvalue weighted by Gasteiger charge is 2.09. The monoisotopic (exact) mass is 245 g/mol. The minimum atomic E-state index is -0.940. The molecular weight excluding hydrogens is 222 g/mol. The van der Waals surface area contributed by atoms with Gasteiger partial charge in [-0.25, -0.2) is 0 Å². The molecule has 0 fully saturated rings. The van der Waals surface area contributed by atoms with Gasteiger partial charge in [0, 0.05) is 13.2 Å². The molecule has 0 saturated carbocycles. The number of nitrogens with two attached hydrogens (primary N) is 2. The van der Waals surface area contributed by atoms with Crippen molar-refractivity contribution in [3.05, 3.63) is 0 Å². The Hall–Kier alpha value is -1.14. The summed E-state index contributed by atoms with van der Waals surface area (Å²) in [5, 5.41) is 8.56. The lowest BCUT2D eigenvalue weighted by Crippen LogP contribution is -2.29. The van der Waals surface area contributed by atoms with Crippen LogP contribution in [0.2, 0.25) is 0 Å². The third-order valence-electron chi connectivity index (χ3n) is 2.23. The maximum Gasteiger partial charge on any atom is 0.320 e. The molecular formula is C11H23N3O3. The molecule has 0 aliphatic rings. The predicted octanol–water partition coefficient (Wildman–Crippen LogP) is 0.352. The molecule has 0 spiro atoms. The van der Waals surface area contributed by atoms with Crippen molar-refractivity contribution in [3.8, 4) is 0 Å². The molecule has 0 aromatic rings. The van der Waals surface area contributed by atoms with Crippen molar-refractivity contribution >= 4 is 11.8 Å². The molecule has 0 saturated heterocycles. The average molecular weight is 245 g/mol. The Kier molecular flexibility index (Phi) is 9.37. The number of carboxylic acid groups (broad SMARTS) is 1. The van der Waals surface area contributed by atoms with Crippen molar-refractivity contribution in [2.24, 2.45) is 16.5 Å². The van der Waals surface area contributed by atoms with Gasteiger partial charge in [-0.15, -0.1) is 0 Å². The van der Waals surface area contributed by atoms with Gasteiger partial charge in [0.25, 0.3) is 0 Å². The predicted molar refractivity (Wildman–Crippen MR) is 67.1 cm³/mol. The van der Waals surface area contributed by atoms with Gasteiger partial charge in [-0.05, 0) is 19.8 Å². The molecule has 17 heavy (non-hydrogen) atoms. The van der Waals surface area contributed by atoms with E-state index in [0.29, 0.717) is 32.0 Å². The van der Waals surface area contributed by atoms with E-state index in [4.69, 9.17) is 21.3 Å². The zero-order valence-electron chi connectivity index (χ0n) is 10.4. The highest BCUT2D eigenvalue weighted by Crippen LogP contribution is 2.02. The van der Waals surface area contributed by atoms with Crippen LogP contribution in [-0.2, 0) is 9.53 Å². The molecule has 0 aromatic carbocycles. The number of amidine groups is 1. The number of unbranched alkanes of at least 4 members (excludes halogenated alkanes) is 2. The molecule has 1 atom stereocenters. The van der Waals surface area contributed by atoms with Crippen molar-refractivity contribution < 1.29 is 14.6 Å². The van der Waals surface area contributed by atoms with Gasteiger partial charge >= 0.3 is 5.97 Å². The van der Waals surface area contributed by atoms with E-state index in [-0.39, 0.29) is 0 Å². The van der Waals surface area contributed by atoms with Crippen LogP contribution >= 0.6 is 0 Å². The van der Waals surface area contributed by atoms with E-state index in [1.54, 1.807) is 0 Å². The minimum absolute atomic E-state index is 0.364. The van der Waals surface area contributed by atoms with E-state index in [1.807, 2.05) is 6.92 Å². The third kappa shape index (κ3) is 9.77. The minimum Gasteiger partial charge on any atom is -0.480 e. The van der Waals surface area contributed by atoms with Gasteiger partial charge in [0.1, 0.15) is 18.5 Å². The number of hydrogen-bond donors (Lipinski definition) is 3. The van der Waals surface area contributed by atoms with Crippen LogP contribution in [0.1, 0.15) is 32.6 Å². The van der Waals surface area contributed by atoms with Gasteiger partial charge in [0.15, 0.2) is 0 Å². The zero-order chi connectivity index (χ0) is 13.1. The number of rotatable bonds is 10. The second-order valence-corrected chi connectivity index (χ2v) is 3.81. The van der Waals surface area contributed by atoms with Gasteiger partial charge < -0.3 is 21.3 Å². The molecule has 0 amide bonds. The lowest BCUT2D eigenvalue weighted by atomic mass is 10.1. The smallest absolute Gasteiger partial charge is 0.320 e. The largest absolute Gasteiger partial charge is 0.480 e. The summed E-state index contributed by atoms with van der Waals surface area (Å²) in [6, 6.07) is -0.747. The summed E-state index contributed by atoms with van der Waals surface area (Å²) < 4.78 is 5.30. The molecule has 1 unspecified atom stereocenters. The van der Waals surface area contributed by atoms with Crippen molar-refractivity contribution in [2.75, 3.05) is 19.8 Å². The van der Waals surface area contributed by atoms with Gasteiger partial charge in [-0.1, -0.05) is 12.8 Å². The Morgan fingerprint density at radius 2 is 2.12 bits per heavy atom. The molecule has 100 valence electrons. The summed E-state index contributed by atoms with van der Waals surface area (Å²) in [6.45, 7) is 3.56. The lowest BCUT2D eigenvalue weighted by Gasteiger charge is -2.06. The highest BCUT2D eigenvalue weighted by atomic mass is 16.5. The number of ether oxygens (including phenoxy) is 1. The van der Waals surface area contributed by atoms with Crippen LogP contribution in [0.15, 0.2) is 4.99 Å². The molecule has 6 heteroatoms. The van der Waals surface area contributed by atoms with Crippen LogP contribution in [0, 0.1) is 0 Å². The quantitative estimate of drug-likeness (QED) is 0.292. The van der Waals surface area contributed by atoms with E-state index in [0.717, 1.165) is 19.3 Å².